The van der Waals surface area contributed by atoms with Crippen molar-refractivity contribution in [3.63, 3.8) is 0 Å². The van der Waals surface area contributed by atoms with Crippen LogP contribution in [0.4, 0.5) is 11.4 Å². The van der Waals surface area contributed by atoms with Gasteiger partial charge in [-0.25, -0.2) is 9.78 Å². The molecule has 3 aromatic rings. The zero-order valence-electron chi connectivity index (χ0n) is 14.9. The Labute approximate surface area is 173 Å². The lowest BCUT2D eigenvalue weighted by Gasteiger charge is -2.07. The molecule has 29 heavy (non-hydrogen) atoms. The van der Waals surface area contributed by atoms with E-state index < -0.39 is 23.4 Å². The van der Waals surface area contributed by atoms with Crippen molar-refractivity contribution < 1.29 is 19.2 Å². The van der Waals surface area contributed by atoms with Gasteiger partial charge >= 0.3 is 5.97 Å². The van der Waals surface area contributed by atoms with Gasteiger partial charge in [-0.05, 0) is 25.1 Å². The highest BCUT2D eigenvalue weighted by Crippen LogP contribution is 2.28. The number of nitrogens with one attached hydrogen (secondary N) is 1. The average molecular weight is 433 g/mol. The molecule has 0 aliphatic carbocycles. The maximum Gasteiger partial charge on any atom is 0.350 e. The van der Waals surface area contributed by atoms with Gasteiger partial charge in [0.25, 0.3) is 11.6 Å². The number of carbonyl (C=O) groups is 2. The van der Waals surface area contributed by atoms with Gasteiger partial charge in [0.2, 0.25) is 0 Å². The molecule has 0 aliphatic rings. The van der Waals surface area contributed by atoms with Crippen molar-refractivity contribution in [1.82, 2.24) is 9.97 Å². The summed E-state index contributed by atoms with van der Waals surface area (Å²) in [6.45, 7) is 1.07. The van der Waals surface area contributed by atoms with Gasteiger partial charge < -0.3 is 10.1 Å². The molecule has 1 aromatic carbocycles. The molecule has 0 fully saturated rings. The summed E-state index contributed by atoms with van der Waals surface area (Å²) in [6, 6.07) is 8.97. The van der Waals surface area contributed by atoms with Gasteiger partial charge in [-0.2, -0.15) is 0 Å². The van der Waals surface area contributed by atoms with Crippen LogP contribution in [0.3, 0.4) is 0 Å². The van der Waals surface area contributed by atoms with Crippen LogP contribution in [0, 0.1) is 17.0 Å². The van der Waals surface area contributed by atoms with Crippen LogP contribution in [0.5, 0.6) is 0 Å². The van der Waals surface area contributed by atoms with Crippen LogP contribution >= 0.6 is 22.9 Å². The largest absolute Gasteiger partial charge is 0.451 e. The predicted octanol–water partition coefficient (Wildman–Crippen LogP) is 3.87. The first-order valence-corrected chi connectivity index (χ1v) is 9.34. The molecule has 2 heterocycles. The predicted molar refractivity (Wildman–Crippen MR) is 107 cm³/mol. The van der Waals surface area contributed by atoms with Crippen LogP contribution < -0.4 is 5.32 Å². The number of rotatable bonds is 6. The SMILES string of the molecule is Cc1nc(-c2ccccn2)sc1C(=O)OCC(=O)Nc1cc([N+](=O)[O-])ccc1Cl. The number of aryl methyl sites for hydroxylation is 1. The summed E-state index contributed by atoms with van der Waals surface area (Å²) >= 11 is 7.04. The first kappa shape index (κ1) is 20.4. The van der Waals surface area contributed by atoms with Crippen molar-refractivity contribution in [2.45, 2.75) is 6.92 Å². The number of nitro groups is 1. The Bertz CT molecular complexity index is 1090. The first-order valence-electron chi connectivity index (χ1n) is 8.15. The average Bonchev–Trinajstić information content (AvgIpc) is 3.10. The minimum Gasteiger partial charge on any atom is -0.451 e. The number of hydrogen-bond acceptors (Lipinski definition) is 8. The molecule has 0 unspecified atom stereocenters. The number of nitro benzene ring substituents is 1. The molecule has 11 heteroatoms. The molecule has 9 nitrogen and oxygen atoms in total. The van der Waals surface area contributed by atoms with Gasteiger partial charge in [0.15, 0.2) is 6.61 Å². The van der Waals surface area contributed by atoms with E-state index in [1.165, 1.54) is 12.1 Å². The topological polar surface area (TPSA) is 124 Å². The Morgan fingerprint density at radius 1 is 1.31 bits per heavy atom. The summed E-state index contributed by atoms with van der Waals surface area (Å²) in [5.74, 6) is -1.39. The molecular weight excluding hydrogens is 420 g/mol. The van der Waals surface area contributed by atoms with E-state index in [2.05, 4.69) is 15.3 Å². The molecule has 0 radical (unpaired) electrons. The number of pyridine rings is 1. The Kier molecular flexibility index (Phi) is 6.15. The van der Waals surface area contributed by atoms with Crippen molar-refractivity contribution in [3.05, 3.63) is 68.3 Å². The van der Waals surface area contributed by atoms with Crippen LogP contribution in [0.2, 0.25) is 5.02 Å². The van der Waals surface area contributed by atoms with E-state index >= 15 is 0 Å². The van der Waals surface area contributed by atoms with Crippen molar-refractivity contribution in [2.75, 3.05) is 11.9 Å². The van der Waals surface area contributed by atoms with Crippen LogP contribution in [0.1, 0.15) is 15.4 Å². The maximum absolute atomic E-state index is 12.3. The number of halogens is 1. The summed E-state index contributed by atoms with van der Waals surface area (Å²) in [7, 11) is 0. The fourth-order valence-corrected chi connectivity index (χ4v) is 3.39. The molecule has 0 atom stereocenters. The third-order valence-corrected chi connectivity index (χ3v) is 5.12. The van der Waals surface area contributed by atoms with Crippen LogP contribution in [-0.2, 0) is 9.53 Å². The summed E-state index contributed by atoms with van der Waals surface area (Å²) in [4.78, 5) is 43.3. The quantitative estimate of drug-likeness (QED) is 0.356. The zero-order valence-corrected chi connectivity index (χ0v) is 16.5. The normalized spacial score (nSPS) is 10.4. The molecule has 148 valence electrons. The van der Waals surface area contributed by atoms with Gasteiger partial charge in [0.1, 0.15) is 9.88 Å². The monoisotopic (exact) mass is 432 g/mol. The van der Waals surface area contributed by atoms with Crippen LogP contribution in [-0.4, -0.2) is 33.4 Å². The summed E-state index contributed by atoms with van der Waals surface area (Å²) in [5.41, 5.74) is 0.901. The zero-order chi connectivity index (χ0) is 21.0. The Morgan fingerprint density at radius 3 is 2.79 bits per heavy atom. The molecule has 0 spiro atoms. The first-order chi connectivity index (χ1) is 13.8. The van der Waals surface area contributed by atoms with E-state index in [1.54, 1.807) is 31.3 Å². The van der Waals surface area contributed by atoms with Gasteiger partial charge in [0.05, 0.1) is 27.0 Å². The number of thiazole rings is 1. The highest BCUT2D eigenvalue weighted by atomic mass is 35.5. The van der Waals surface area contributed by atoms with Gasteiger partial charge in [-0.1, -0.05) is 17.7 Å². The molecule has 0 aliphatic heterocycles. The van der Waals surface area contributed by atoms with E-state index in [0.717, 1.165) is 17.4 Å². The fraction of sp³-hybridized carbons (Fsp3) is 0.111. The van der Waals surface area contributed by atoms with Crippen LogP contribution in [0.25, 0.3) is 10.7 Å². The van der Waals surface area contributed by atoms with E-state index in [1.807, 2.05) is 0 Å². The minimum absolute atomic E-state index is 0.0494. The second-order valence-electron chi connectivity index (χ2n) is 5.69. The Morgan fingerprint density at radius 2 is 2.10 bits per heavy atom. The molecule has 0 saturated carbocycles. The fourth-order valence-electron chi connectivity index (χ4n) is 2.29. The van der Waals surface area contributed by atoms with Crippen LogP contribution in [0.15, 0.2) is 42.6 Å². The number of hydrogen-bond donors (Lipinski definition) is 1. The highest BCUT2D eigenvalue weighted by molar-refractivity contribution is 7.17. The molecular formula is C18H13ClN4O5S. The summed E-state index contributed by atoms with van der Waals surface area (Å²) in [5, 5.41) is 13.9. The number of non-ortho nitro benzene ring substituents is 1. The number of benzene rings is 1. The molecule has 1 N–H and O–H groups in total. The molecule has 2 aromatic heterocycles. The second kappa shape index (κ2) is 8.76. The summed E-state index contributed by atoms with van der Waals surface area (Å²) < 4.78 is 5.03. The van der Waals surface area contributed by atoms with E-state index in [9.17, 15) is 19.7 Å². The standard InChI is InChI=1S/C18H13ClN4O5S/c1-10-16(29-17(21-10)13-4-2-3-7-20-13)18(25)28-9-15(24)22-14-8-11(23(26)27)5-6-12(14)19/h2-8H,9H2,1H3,(H,22,24). The lowest BCUT2D eigenvalue weighted by Crippen LogP contribution is -2.21. The van der Waals surface area contributed by atoms with Gasteiger partial charge in [-0.3, -0.25) is 19.9 Å². The van der Waals surface area contributed by atoms with Gasteiger partial charge in [-0.15, -0.1) is 11.3 Å². The highest BCUT2D eigenvalue weighted by Gasteiger charge is 2.20. The van der Waals surface area contributed by atoms with Crippen molar-refractivity contribution >= 4 is 46.2 Å². The molecule has 0 saturated heterocycles. The van der Waals surface area contributed by atoms with Crippen molar-refractivity contribution in [3.8, 4) is 10.7 Å². The van der Waals surface area contributed by atoms with E-state index in [-0.39, 0.29) is 21.3 Å². The number of anilines is 1. The lowest BCUT2D eigenvalue weighted by molar-refractivity contribution is -0.384. The second-order valence-corrected chi connectivity index (χ2v) is 7.10. The smallest absolute Gasteiger partial charge is 0.350 e. The number of nitrogens with zero attached hydrogens (tertiary/aromatic N) is 3. The lowest BCUT2D eigenvalue weighted by atomic mass is 10.3. The number of aromatic nitrogens is 2. The maximum atomic E-state index is 12.3. The third-order valence-electron chi connectivity index (χ3n) is 3.64. The number of carbonyl (C=O) groups excluding carboxylic acids is 2. The van der Waals surface area contributed by atoms with Crippen molar-refractivity contribution in [2.24, 2.45) is 0 Å². The third kappa shape index (κ3) is 4.92. The molecule has 1 amide bonds. The van der Waals surface area contributed by atoms with Gasteiger partial charge in [0, 0.05) is 18.3 Å². The Hall–Kier alpha value is -3.37. The van der Waals surface area contributed by atoms with E-state index in [0.29, 0.717) is 16.4 Å². The molecule has 3 rings (SSSR count). The Balaban J connectivity index is 1.64. The van der Waals surface area contributed by atoms with Crippen molar-refractivity contribution in [1.29, 1.82) is 0 Å². The van der Waals surface area contributed by atoms with E-state index in [4.69, 9.17) is 16.3 Å². The number of amides is 1. The minimum atomic E-state index is -0.706. The number of ether oxygens (including phenoxy) is 1. The summed E-state index contributed by atoms with van der Waals surface area (Å²) in [6.07, 6.45) is 1.62. The number of esters is 1. The molecule has 0 bridgehead atoms.